The van der Waals surface area contributed by atoms with Gasteiger partial charge in [0, 0.05) is 24.2 Å². The number of imidazole rings is 1. The van der Waals surface area contributed by atoms with Crippen LogP contribution in [0.2, 0.25) is 0 Å². The van der Waals surface area contributed by atoms with Crippen LogP contribution < -0.4 is 5.32 Å². The van der Waals surface area contributed by atoms with E-state index in [-0.39, 0.29) is 29.7 Å². The first-order chi connectivity index (χ1) is 13.8. The van der Waals surface area contributed by atoms with Gasteiger partial charge >= 0.3 is 11.9 Å². The lowest BCUT2D eigenvalue weighted by molar-refractivity contribution is -0.142. The molecule has 1 amide bonds. The number of aliphatic carboxylic acids is 1. The topological polar surface area (TPSA) is 132 Å². The minimum atomic E-state index is -1.10. The fourth-order valence-corrected chi connectivity index (χ4v) is 3.38. The van der Waals surface area contributed by atoms with Crippen LogP contribution in [-0.2, 0) is 22.4 Å². The molecule has 0 radical (unpaired) electrons. The molecule has 0 spiro atoms. The monoisotopic (exact) mass is 401 g/mol. The first-order valence-corrected chi connectivity index (χ1v) is 9.64. The van der Waals surface area contributed by atoms with Crippen molar-refractivity contribution in [3.8, 4) is 0 Å². The van der Waals surface area contributed by atoms with Gasteiger partial charge in [0.25, 0.3) is 0 Å². The van der Waals surface area contributed by atoms with Gasteiger partial charge in [-0.1, -0.05) is 32.4 Å². The van der Waals surface area contributed by atoms with E-state index in [1.54, 1.807) is 24.3 Å². The Balaban J connectivity index is 2.06. The number of aromatic carboxylic acids is 1. The number of carbonyl (C=O) groups excluding carboxylic acids is 1. The van der Waals surface area contributed by atoms with Crippen molar-refractivity contribution in [1.82, 2.24) is 15.3 Å². The Labute approximate surface area is 169 Å². The summed E-state index contributed by atoms with van der Waals surface area (Å²) in [6.07, 6.45) is 5.15. The Morgan fingerprint density at radius 2 is 1.83 bits per heavy atom. The highest BCUT2D eigenvalue weighted by molar-refractivity contribution is 5.87. The smallest absolute Gasteiger partial charge is 0.335 e. The van der Waals surface area contributed by atoms with Crippen LogP contribution in [0.5, 0.6) is 0 Å². The second kappa shape index (κ2) is 10.4. The Kier molecular flexibility index (Phi) is 7.94. The van der Waals surface area contributed by atoms with E-state index in [2.05, 4.69) is 15.3 Å². The molecule has 156 valence electrons. The number of amides is 1. The summed E-state index contributed by atoms with van der Waals surface area (Å²) in [6.45, 7) is 3.93. The van der Waals surface area contributed by atoms with E-state index < -0.39 is 18.0 Å². The molecule has 3 atom stereocenters. The predicted octanol–water partition coefficient (Wildman–Crippen LogP) is 2.51. The highest BCUT2D eigenvalue weighted by Gasteiger charge is 2.29. The van der Waals surface area contributed by atoms with Crippen molar-refractivity contribution in [3.63, 3.8) is 0 Å². The molecule has 0 aliphatic heterocycles. The third-order valence-corrected chi connectivity index (χ3v) is 4.98. The second-order valence-electron chi connectivity index (χ2n) is 7.26. The Morgan fingerprint density at radius 3 is 2.34 bits per heavy atom. The summed E-state index contributed by atoms with van der Waals surface area (Å²) in [5, 5.41) is 21.1. The number of nitrogens with one attached hydrogen (secondary N) is 2. The first kappa shape index (κ1) is 22.1. The van der Waals surface area contributed by atoms with Crippen molar-refractivity contribution >= 4 is 17.8 Å². The van der Waals surface area contributed by atoms with Crippen LogP contribution in [0.25, 0.3) is 0 Å². The summed E-state index contributed by atoms with van der Waals surface area (Å²) < 4.78 is 0. The summed E-state index contributed by atoms with van der Waals surface area (Å²) >= 11 is 0. The number of hydrogen-bond acceptors (Lipinski definition) is 4. The number of carboxylic acids is 2. The number of aromatic amines is 1. The molecule has 0 fully saturated rings. The molecule has 1 aromatic carbocycles. The van der Waals surface area contributed by atoms with Gasteiger partial charge in [-0.05, 0) is 36.5 Å². The molecule has 0 aliphatic carbocycles. The van der Waals surface area contributed by atoms with Crippen LogP contribution in [0.15, 0.2) is 36.8 Å². The molecule has 29 heavy (non-hydrogen) atoms. The quantitative estimate of drug-likeness (QED) is 0.457. The van der Waals surface area contributed by atoms with E-state index in [1.807, 2.05) is 13.8 Å². The van der Waals surface area contributed by atoms with Crippen LogP contribution in [0.1, 0.15) is 48.3 Å². The molecule has 0 bridgehead atoms. The average molecular weight is 401 g/mol. The number of aromatic nitrogens is 2. The van der Waals surface area contributed by atoms with Gasteiger partial charge in [0.1, 0.15) is 6.04 Å². The zero-order valence-electron chi connectivity index (χ0n) is 16.6. The number of nitrogens with zero attached hydrogens (tertiary/aromatic N) is 1. The van der Waals surface area contributed by atoms with E-state index in [1.165, 1.54) is 12.5 Å². The third kappa shape index (κ3) is 6.44. The third-order valence-electron chi connectivity index (χ3n) is 4.98. The first-order valence-electron chi connectivity index (χ1n) is 9.64. The summed E-state index contributed by atoms with van der Waals surface area (Å²) in [5.74, 6) is -2.74. The van der Waals surface area contributed by atoms with Gasteiger partial charge in [0.05, 0.1) is 11.9 Å². The molecule has 8 nitrogen and oxygen atoms in total. The second-order valence-corrected chi connectivity index (χ2v) is 7.26. The molecule has 0 aliphatic rings. The van der Waals surface area contributed by atoms with Crippen molar-refractivity contribution in [1.29, 1.82) is 0 Å². The molecule has 1 aromatic heterocycles. The van der Waals surface area contributed by atoms with Gasteiger partial charge in [-0.25, -0.2) is 14.6 Å². The maximum atomic E-state index is 12.9. The summed E-state index contributed by atoms with van der Waals surface area (Å²) in [6, 6.07) is 5.55. The van der Waals surface area contributed by atoms with E-state index >= 15 is 0 Å². The summed E-state index contributed by atoms with van der Waals surface area (Å²) in [4.78, 5) is 42.2. The number of rotatable bonds is 11. The van der Waals surface area contributed by atoms with E-state index in [9.17, 15) is 19.5 Å². The van der Waals surface area contributed by atoms with Gasteiger partial charge < -0.3 is 20.5 Å². The average Bonchev–Trinajstić information content (AvgIpc) is 3.18. The van der Waals surface area contributed by atoms with Crippen LogP contribution in [0, 0.1) is 11.8 Å². The van der Waals surface area contributed by atoms with Gasteiger partial charge in [-0.3, -0.25) is 4.79 Å². The number of carboxylic acid groups (broad SMARTS) is 2. The summed E-state index contributed by atoms with van der Waals surface area (Å²) in [5.41, 5.74) is 1.78. The zero-order valence-corrected chi connectivity index (χ0v) is 16.6. The van der Waals surface area contributed by atoms with Crippen LogP contribution in [-0.4, -0.2) is 44.1 Å². The number of hydrogen-bond donors (Lipinski definition) is 4. The number of benzene rings is 1. The van der Waals surface area contributed by atoms with E-state index in [0.717, 1.165) is 12.0 Å². The fourth-order valence-electron chi connectivity index (χ4n) is 3.38. The van der Waals surface area contributed by atoms with Gasteiger partial charge in [0.2, 0.25) is 5.91 Å². The van der Waals surface area contributed by atoms with Crippen molar-refractivity contribution < 1.29 is 24.6 Å². The highest BCUT2D eigenvalue weighted by atomic mass is 16.4. The molecule has 4 N–H and O–H groups in total. The largest absolute Gasteiger partial charge is 0.480 e. The Hall–Kier alpha value is -3.16. The molecule has 2 aromatic rings. The van der Waals surface area contributed by atoms with E-state index in [0.29, 0.717) is 18.5 Å². The maximum Gasteiger partial charge on any atom is 0.335 e. The van der Waals surface area contributed by atoms with Crippen LogP contribution >= 0.6 is 0 Å². The van der Waals surface area contributed by atoms with Crippen molar-refractivity contribution in [2.24, 2.45) is 11.8 Å². The molecule has 3 unspecified atom stereocenters. The molecular weight excluding hydrogens is 374 g/mol. The predicted molar refractivity (Wildman–Crippen MR) is 107 cm³/mol. The fraction of sp³-hybridized carbons (Fsp3) is 0.429. The number of H-pyrrole nitrogens is 1. The zero-order chi connectivity index (χ0) is 21.4. The molecular formula is C21H27N3O5. The number of carbonyl (C=O) groups is 3. The van der Waals surface area contributed by atoms with Crippen LogP contribution in [0.4, 0.5) is 0 Å². The Bertz CT molecular complexity index is 817. The molecule has 8 heteroatoms. The molecule has 1 heterocycles. The van der Waals surface area contributed by atoms with Crippen LogP contribution in [0.3, 0.4) is 0 Å². The van der Waals surface area contributed by atoms with Crippen molar-refractivity contribution in [2.45, 2.75) is 45.6 Å². The highest BCUT2D eigenvalue weighted by Crippen LogP contribution is 2.23. The lowest BCUT2D eigenvalue weighted by atomic mass is 9.84. The molecule has 2 rings (SSSR count). The minimum absolute atomic E-state index is 0.0350. The molecule has 0 saturated carbocycles. The van der Waals surface area contributed by atoms with E-state index in [4.69, 9.17) is 5.11 Å². The van der Waals surface area contributed by atoms with Gasteiger partial charge in [-0.15, -0.1) is 0 Å². The maximum absolute atomic E-state index is 12.9. The minimum Gasteiger partial charge on any atom is -0.480 e. The summed E-state index contributed by atoms with van der Waals surface area (Å²) in [7, 11) is 0. The molecule has 0 saturated heterocycles. The lowest BCUT2D eigenvalue weighted by Crippen LogP contribution is -2.46. The Morgan fingerprint density at radius 1 is 1.14 bits per heavy atom. The van der Waals surface area contributed by atoms with Crippen molar-refractivity contribution in [2.75, 3.05) is 0 Å². The van der Waals surface area contributed by atoms with Gasteiger partial charge in [0.15, 0.2) is 0 Å². The SMILES string of the molecule is CCCC(C(=O)NC(Cc1cnc[nH]1)C(=O)O)C(C)Cc1ccc(C(=O)O)cc1. The lowest BCUT2D eigenvalue weighted by Gasteiger charge is -2.25. The van der Waals surface area contributed by atoms with Gasteiger partial charge in [-0.2, -0.15) is 0 Å². The normalized spacial score (nSPS) is 14.0. The standard InChI is InChI=1S/C21H27N3O5/c1-3-4-17(13(2)9-14-5-7-15(8-6-14)20(26)27)19(25)24-18(21(28)29)10-16-11-22-12-23-16/h5-8,11-13,17-18H,3-4,9-10H2,1-2H3,(H,22,23)(H,24,25)(H,26,27)(H,28,29). The van der Waals surface area contributed by atoms with Crippen molar-refractivity contribution in [3.05, 3.63) is 53.6 Å².